The van der Waals surface area contributed by atoms with Crippen molar-refractivity contribution in [3.8, 4) is 0 Å². The molecule has 0 saturated carbocycles. The monoisotopic (exact) mass is 376 g/mol. The lowest BCUT2D eigenvalue weighted by atomic mass is 9.91. The maximum atomic E-state index is 11.8. The van der Waals surface area contributed by atoms with E-state index in [4.69, 9.17) is 0 Å². The molecule has 0 rings (SSSR count). The van der Waals surface area contributed by atoms with Gasteiger partial charge in [0.2, 0.25) is 6.20 Å². The molecule has 0 aromatic carbocycles. The number of hydrogen-bond acceptors (Lipinski definition) is 6. The molecule has 142 valence electrons. The van der Waals surface area contributed by atoms with Crippen molar-refractivity contribution >= 4 is 10.1 Å². The SMILES string of the molecule is CC(C)/C=C(/C(=C(\C(=C\[N+](=O)[O-])C(C)C)[N+](=O)[O-])C(C)C)S(=O)(=O)O. The van der Waals surface area contributed by atoms with Crippen LogP contribution in [0.2, 0.25) is 0 Å². The Bertz CT molecular complexity index is 729. The van der Waals surface area contributed by atoms with E-state index >= 15 is 0 Å². The Morgan fingerprint density at radius 3 is 1.72 bits per heavy atom. The molecular formula is C15H24N2O7S. The van der Waals surface area contributed by atoms with Gasteiger partial charge in [0.1, 0.15) is 10.5 Å². The summed E-state index contributed by atoms with van der Waals surface area (Å²) in [5, 5.41) is 22.6. The summed E-state index contributed by atoms with van der Waals surface area (Å²) in [6.45, 7) is 9.37. The lowest BCUT2D eigenvalue weighted by Crippen LogP contribution is -2.19. The maximum absolute atomic E-state index is 11.8. The Morgan fingerprint density at radius 1 is 1.00 bits per heavy atom. The van der Waals surface area contributed by atoms with E-state index in [1.54, 1.807) is 13.8 Å². The summed E-state index contributed by atoms with van der Waals surface area (Å²) >= 11 is 0. The molecule has 9 nitrogen and oxygen atoms in total. The van der Waals surface area contributed by atoms with Crippen LogP contribution in [0, 0.1) is 38.0 Å². The number of hydrogen-bond donors (Lipinski definition) is 1. The van der Waals surface area contributed by atoms with Gasteiger partial charge in [-0.3, -0.25) is 24.8 Å². The van der Waals surface area contributed by atoms with Crippen LogP contribution in [0.4, 0.5) is 0 Å². The lowest BCUT2D eigenvalue weighted by Gasteiger charge is -2.17. The van der Waals surface area contributed by atoms with Crippen LogP contribution in [0.15, 0.2) is 34.0 Å². The van der Waals surface area contributed by atoms with Gasteiger partial charge in [0.15, 0.2) is 0 Å². The summed E-state index contributed by atoms with van der Waals surface area (Å²) in [5.74, 6) is -1.62. The summed E-state index contributed by atoms with van der Waals surface area (Å²) in [4.78, 5) is 20.3. The normalized spacial score (nSPS) is 15.0. The Morgan fingerprint density at radius 2 is 1.48 bits per heavy atom. The number of rotatable bonds is 8. The third-order valence-electron chi connectivity index (χ3n) is 3.18. The molecule has 25 heavy (non-hydrogen) atoms. The van der Waals surface area contributed by atoms with E-state index in [1.165, 1.54) is 33.8 Å². The summed E-state index contributed by atoms with van der Waals surface area (Å²) in [6, 6.07) is 0. The van der Waals surface area contributed by atoms with Crippen LogP contribution in [0.3, 0.4) is 0 Å². The Labute approximate surface area is 147 Å². The van der Waals surface area contributed by atoms with Gasteiger partial charge in [0, 0.05) is 0 Å². The van der Waals surface area contributed by atoms with Crippen LogP contribution >= 0.6 is 0 Å². The van der Waals surface area contributed by atoms with E-state index in [-0.39, 0.29) is 17.1 Å². The largest absolute Gasteiger partial charge is 0.294 e. The average molecular weight is 376 g/mol. The summed E-state index contributed by atoms with van der Waals surface area (Å²) in [5.41, 5.74) is -1.16. The van der Waals surface area contributed by atoms with E-state index in [1.807, 2.05) is 0 Å². The molecule has 0 aliphatic rings. The van der Waals surface area contributed by atoms with Gasteiger partial charge in [0.05, 0.1) is 15.4 Å². The second-order valence-electron chi connectivity index (χ2n) is 6.45. The summed E-state index contributed by atoms with van der Waals surface area (Å²) in [7, 11) is -4.77. The van der Waals surface area contributed by atoms with Gasteiger partial charge in [-0.05, 0) is 17.8 Å². The van der Waals surface area contributed by atoms with Crippen LogP contribution in [0.25, 0.3) is 0 Å². The van der Waals surface area contributed by atoms with Gasteiger partial charge in [-0.1, -0.05) is 47.6 Å². The third kappa shape index (κ3) is 6.75. The first-order valence-electron chi connectivity index (χ1n) is 7.63. The Balaban J connectivity index is 7.23. The standard InChI is InChI=1S/C15H24N2O7S/c1-9(2)7-13(25(22,23)24)14(11(5)6)15(17(20)21)12(10(3)4)8-16(18)19/h7-11H,1-6H3,(H,22,23,24)/b12-8+,13-7-,15-14+. The minimum atomic E-state index is -4.77. The summed E-state index contributed by atoms with van der Waals surface area (Å²) < 4.78 is 33.2. The zero-order chi connectivity index (χ0) is 20.1. The fraction of sp³-hybridized carbons (Fsp3) is 0.600. The molecule has 0 radical (unpaired) electrons. The molecule has 0 aliphatic heterocycles. The Hall–Kier alpha value is -2.07. The lowest BCUT2D eigenvalue weighted by molar-refractivity contribution is -0.429. The molecule has 0 unspecified atom stereocenters. The quantitative estimate of drug-likeness (QED) is 0.296. The predicted octanol–water partition coefficient (Wildman–Crippen LogP) is 3.42. The second-order valence-corrected chi connectivity index (χ2v) is 7.84. The molecule has 0 aromatic heterocycles. The molecule has 0 aliphatic carbocycles. The third-order valence-corrected chi connectivity index (χ3v) is 4.09. The predicted molar refractivity (Wildman–Crippen MR) is 93.2 cm³/mol. The zero-order valence-corrected chi connectivity index (χ0v) is 15.9. The first-order chi connectivity index (χ1) is 11.2. The Kier molecular flexibility index (Phi) is 8.13. The van der Waals surface area contributed by atoms with Gasteiger partial charge >= 0.3 is 0 Å². The van der Waals surface area contributed by atoms with Gasteiger partial charge in [-0.15, -0.1) is 0 Å². The van der Waals surface area contributed by atoms with E-state index in [9.17, 15) is 33.2 Å². The first-order valence-corrected chi connectivity index (χ1v) is 9.07. The van der Waals surface area contributed by atoms with E-state index in [0.717, 1.165) is 0 Å². The molecule has 0 heterocycles. The van der Waals surface area contributed by atoms with Crippen molar-refractivity contribution in [3.05, 3.63) is 54.3 Å². The number of allylic oxidation sites excluding steroid dienone is 3. The van der Waals surface area contributed by atoms with Crippen molar-refractivity contribution in [2.75, 3.05) is 0 Å². The van der Waals surface area contributed by atoms with Crippen LogP contribution in [-0.2, 0) is 10.1 Å². The van der Waals surface area contributed by atoms with Crippen molar-refractivity contribution in [1.82, 2.24) is 0 Å². The molecule has 0 fully saturated rings. The molecule has 0 bridgehead atoms. The van der Waals surface area contributed by atoms with Crippen LogP contribution < -0.4 is 0 Å². The second kappa shape index (κ2) is 8.86. The van der Waals surface area contributed by atoms with E-state index in [0.29, 0.717) is 6.20 Å². The van der Waals surface area contributed by atoms with Gasteiger partial charge in [-0.2, -0.15) is 8.42 Å². The minimum Gasteiger partial charge on any atom is -0.282 e. The highest BCUT2D eigenvalue weighted by atomic mass is 32.2. The van der Waals surface area contributed by atoms with Crippen molar-refractivity contribution in [1.29, 1.82) is 0 Å². The van der Waals surface area contributed by atoms with Crippen LogP contribution in [0.1, 0.15) is 41.5 Å². The molecule has 0 amide bonds. The van der Waals surface area contributed by atoms with Gasteiger partial charge in [0.25, 0.3) is 15.8 Å². The van der Waals surface area contributed by atoms with E-state index in [2.05, 4.69) is 0 Å². The maximum Gasteiger partial charge on any atom is 0.294 e. The molecule has 0 saturated heterocycles. The molecule has 0 atom stereocenters. The fourth-order valence-electron chi connectivity index (χ4n) is 2.25. The highest BCUT2D eigenvalue weighted by Gasteiger charge is 2.35. The highest BCUT2D eigenvalue weighted by molar-refractivity contribution is 7.90. The topological polar surface area (TPSA) is 141 Å². The van der Waals surface area contributed by atoms with E-state index < -0.39 is 42.4 Å². The number of nitrogens with zero attached hydrogens (tertiary/aromatic N) is 2. The summed E-state index contributed by atoms with van der Waals surface area (Å²) in [6.07, 6.45) is 1.69. The van der Waals surface area contributed by atoms with Crippen molar-refractivity contribution in [3.63, 3.8) is 0 Å². The van der Waals surface area contributed by atoms with Crippen LogP contribution in [-0.4, -0.2) is 22.8 Å². The smallest absolute Gasteiger partial charge is 0.282 e. The van der Waals surface area contributed by atoms with Crippen molar-refractivity contribution < 1.29 is 22.8 Å². The fourth-order valence-corrected chi connectivity index (χ4v) is 3.30. The molecule has 0 aromatic rings. The first kappa shape index (κ1) is 22.9. The molecule has 0 spiro atoms. The molecule has 1 N–H and O–H groups in total. The van der Waals surface area contributed by atoms with Crippen molar-refractivity contribution in [2.45, 2.75) is 41.5 Å². The van der Waals surface area contributed by atoms with Crippen molar-refractivity contribution in [2.24, 2.45) is 17.8 Å². The van der Waals surface area contributed by atoms with Crippen LogP contribution in [0.5, 0.6) is 0 Å². The average Bonchev–Trinajstić information content (AvgIpc) is 2.37. The highest BCUT2D eigenvalue weighted by Crippen LogP contribution is 2.34. The number of nitro groups is 2. The van der Waals surface area contributed by atoms with Gasteiger partial charge in [-0.25, -0.2) is 0 Å². The minimum absolute atomic E-state index is 0.225. The van der Waals surface area contributed by atoms with Gasteiger partial charge < -0.3 is 0 Å². The zero-order valence-electron chi connectivity index (χ0n) is 15.1. The molecule has 10 heteroatoms. The molecular weight excluding hydrogens is 352 g/mol.